The standard InChI is InChI=1S/C17H21N3O5S/c18-15(21)14-8-26(23,24)9-20(14)17(22)13-6-5-12(11-3-4-11)16(19-13)25-7-10-1-2-10/h5-6,10-11,14H,1-4,7-9H2,(H2,18,21)/t14-/m0/s1. The Morgan fingerprint density at radius 1 is 1.23 bits per heavy atom. The van der Waals surface area contributed by atoms with Crippen LogP contribution in [-0.4, -0.2) is 54.4 Å². The van der Waals surface area contributed by atoms with Gasteiger partial charge in [0.25, 0.3) is 5.91 Å². The normalized spacial score (nSPS) is 24.5. The summed E-state index contributed by atoms with van der Waals surface area (Å²) in [6.45, 7) is 0.576. The highest BCUT2D eigenvalue weighted by molar-refractivity contribution is 7.91. The summed E-state index contributed by atoms with van der Waals surface area (Å²) < 4.78 is 29.5. The Hall–Kier alpha value is -2.16. The fourth-order valence-electron chi connectivity index (χ4n) is 3.14. The lowest BCUT2D eigenvalue weighted by Gasteiger charge is -2.20. The lowest BCUT2D eigenvalue weighted by molar-refractivity contribution is -0.121. The van der Waals surface area contributed by atoms with Gasteiger partial charge >= 0.3 is 0 Å². The van der Waals surface area contributed by atoms with Crippen LogP contribution in [0.5, 0.6) is 5.88 Å². The molecule has 9 heteroatoms. The Balaban J connectivity index is 1.60. The Bertz CT molecular complexity index is 861. The van der Waals surface area contributed by atoms with E-state index in [1.165, 1.54) is 0 Å². The number of hydrogen-bond acceptors (Lipinski definition) is 6. The van der Waals surface area contributed by atoms with E-state index in [1.807, 2.05) is 6.07 Å². The van der Waals surface area contributed by atoms with Crippen molar-refractivity contribution in [3.8, 4) is 5.88 Å². The van der Waals surface area contributed by atoms with E-state index in [-0.39, 0.29) is 5.69 Å². The van der Waals surface area contributed by atoms with E-state index in [4.69, 9.17) is 10.5 Å². The SMILES string of the molecule is NC(=O)[C@@H]1CS(=O)(=O)CN1C(=O)c1ccc(C2CC2)c(OCC2CC2)n1. The third kappa shape index (κ3) is 3.53. The molecular formula is C17H21N3O5S. The topological polar surface area (TPSA) is 120 Å². The highest BCUT2D eigenvalue weighted by Crippen LogP contribution is 2.44. The van der Waals surface area contributed by atoms with Crippen molar-refractivity contribution in [3.63, 3.8) is 0 Å². The van der Waals surface area contributed by atoms with Crippen LogP contribution in [0.25, 0.3) is 0 Å². The number of carbonyl (C=O) groups is 2. The van der Waals surface area contributed by atoms with Gasteiger partial charge in [-0.05, 0) is 43.6 Å². The molecule has 1 atom stereocenters. The number of rotatable bonds is 6. The number of hydrogen-bond donors (Lipinski definition) is 1. The van der Waals surface area contributed by atoms with Crippen molar-refractivity contribution in [3.05, 3.63) is 23.4 Å². The van der Waals surface area contributed by atoms with Crippen molar-refractivity contribution in [1.29, 1.82) is 0 Å². The van der Waals surface area contributed by atoms with Gasteiger partial charge in [0.15, 0.2) is 9.84 Å². The predicted octanol–water partition coefficient (Wildman–Crippen LogP) is 0.430. The number of nitrogens with zero attached hydrogens (tertiary/aromatic N) is 2. The van der Waals surface area contributed by atoms with Crippen molar-refractivity contribution in [2.75, 3.05) is 18.2 Å². The van der Waals surface area contributed by atoms with Crippen LogP contribution in [0.2, 0.25) is 0 Å². The lowest BCUT2D eigenvalue weighted by Crippen LogP contribution is -2.45. The van der Waals surface area contributed by atoms with Gasteiger partial charge in [-0.25, -0.2) is 13.4 Å². The summed E-state index contributed by atoms with van der Waals surface area (Å²) >= 11 is 0. The number of primary amides is 1. The molecule has 1 aromatic heterocycles. The molecule has 2 heterocycles. The van der Waals surface area contributed by atoms with E-state index in [0.717, 1.165) is 36.1 Å². The molecule has 2 aliphatic carbocycles. The predicted molar refractivity (Wildman–Crippen MR) is 92.2 cm³/mol. The maximum absolute atomic E-state index is 12.8. The zero-order valence-corrected chi connectivity index (χ0v) is 15.1. The molecular weight excluding hydrogens is 358 g/mol. The van der Waals surface area contributed by atoms with E-state index in [1.54, 1.807) is 6.07 Å². The van der Waals surface area contributed by atoms with E-state index in [9.17, 15) is 18.0 Å². The summed E-state index contributed by atoms with van der Waals surface area (Å²) in [5, 5.41) is 0. The number of aromatic nitrogens is 1. The largest absolute Gasteiger partial charge is 0.477 e. The molecule has 26 heavy (non-hydrogen) atoms. The minimum atomic E-state index is -3.53. The molecule has 3 aliphatic rings. The molecule has 8 nitrogen and oxygen atoms in total. The molecule has 2 saturated carbocycles. The van der Waals surface area contributed by atoms with Crippen molar-refractivity contribution < 1.29 is 22.7 Å². The first kappa shape index (κ1) is 17.3. The Morgan fingerprint density at radius 3 is 2.58 bits per heavy atom. The first-order valence-corrected chi connectivity index (χ1v) is 10.6. The minimum Gasteiger partial charge on any atom is -0.477 e. The number of nitrogens with two attached hydrogens (primary N) is 1. The second-order valence-electron chi connectivity index (χ2n) is 7.35. The molecule has 1 aliphatic heterocycles. The number of carbonyl (C=O) groups excluding carboxylic acids is 2. The maximum Gasteiger partial charge on any atom is 0.274 e. The van der Waals surface area contributed by atoms with Crippen molar-refractivity contribution in [2.45, 2.75) is 37.6 Å². The van der Waals surface area contributed by atoms with Crippen LogP contribution in [0.15, 0.2) is 12.1 Å². The smallest absolute Gasteiger partial charge is 0.274 e. The highest BCUT2D eigenvalue weighted by atomic mass is 32.2. The molecule has 2 amide bonds. The fourth-order valence-corrected chi connectivity index (χ4v) is 4.79. The Kier molecular flexibility index (Phi) is 4.13. The third-order valence-corrected chi connectivity index (χ3v) is 6.49. The van der Waals surface area contributed by atoms with E-state index >= 15 is 0 Å². The van der Waals surface area contributed by atoms with Crippen molar-refractivity contribution >= 4 is 21.7 Å². The number of ether oxygens (including phenoxy) is 1. The van der Waals surface area contributed by atoms with Gasteiger partial charge in [-0.2, -0.15) is 0 Å². The van der Waals surface area contributed by atoms with Crippen LogP contribution in [0.4, 0.5) is 0 Å². The van der Waals surface area contributed by atoms with Gasteiger partial charge in [-0.15, -0.1) is 0 Å². The second kappa shape index (κ2) is 6.22. The molecule has 0 spiro atoms. The summed E-state index contributed by atoms with van der Waals surface area (Å²) in [6.07, 6.45) is 4.43. The number of amides is 2. The molecule has 0 aromatic carbocycles. The van der Waals surface area contributed by atoms with Crippen LogP contribution < -0.4 is 10.5 Å². The highest BCUT2D eigenvalue weighted by Gasteiger charge is 2.42. The van der Waals surface area contributed by atoms with Crippen molar-refractivity contribution in [1.82, 2.24) is 9.88 Å². The van der Waals surface area contributed by atoms with E-state index < -0.39 is 39.3 Å². The van der Waals surface area contributed by atoms with Gasteiger partial charge in [0.2, 0.25) is 11.8 Å². The van der Waals surface area contributed by atoms with Gasteiger partial charge in [-0.3, -0.25) is 9.59 Å². The monoisotopic (exact) mass is 379 g/mol. The van der Waals surface area contributed by atoms with Crippen LogP contribution in [-0.2, 0) is 14.6 Å². The zero-order valence-electron chi connectivity index (χ0n) is 14.3. The fraction of sp³-hybridized carbons (Fsp3) is 0.588. The molecule has 0 radical (unpaired) electrons. The van der Waals surface area contributed by atoms with Crippen molar-refractivity contribution in [2.24, 2.45) is 11.7 Å². The number of pyridine rings is 1. The lowest BCUT2D eigenvalue weighted by atomic mass is 10.1. The molecule has 140 valence electrons. The first-order chi connectivity index (χ1) is 12.3. The summed E-state index contributed by atoms with van der Waals surface area (Å²) in [6, 6.07) is 2.24. The quantitative estimate of drug-likeness (QED) is 0.765. The van der Waals surface area contributed by atoms with Crippen LogP contribution in [0.3, 0.4) is 0 Å². The van der Waals surface area contributed by atoms with Crippen LogP contribution >= 0.6 is 0 Å². The second-order valence-corrected chi connectivity index (χ2v) is 9.43. The minimum absolute atomic E-state index is 0.0727. The van der Waals surface area contributed by atoms with Gasteiger partial charge < -0.3 is 15.4 Å². The van der Waals surface area contributed by atoms with E-state index in [2.05, 4.69) is 4.98 Å². The molecule has 2 N–H and O–H groups in total. The molecule has 3 fully saturated rings. The van der Waals surface area contributed by atoms with Crippen LogP contribution in [0, 0.1) is 5.92 Å². The summed E-state index contributed by atoms with van der Waals surface area (Å²) in [5.41, 5.74) is 6.33. The molecule has 4 rings (SSSR count). The van der Waals surface area contributed by atoms with Crippen LogP contribution in [0.1, 0.15) is 47.7 Å². The van der Waals surface area contributed by atoms with Gasteiger partial charge in [-0.1, -0.05) is 6.07 Å². The van der Waals surface area contributed by atoms with Gasteiger partial charge in [0, 0.05) is 5.56 Å². The Labute approximate surface area is 151 Å². The molecule has 1 saturated heterocycles. The maximum atomic E-state index is 12.8. The summed E-state index contributed by atoms with van der Waals surface area (Å²) in [4.78, 5) is 29.7. The van der Waals surface area contributed by atoms with Gasteiger partial charge in [0.05, 0.1) is 12.4 Å². The van der Waals surface area contributed by atoms with E-state index in [0.29, 0.717) is 24.3 Å². The Morgan fingerprint density at radius 2 is 1.96 bits per heavy atom. The first-order valence-electron chi connectivity index (χ1n) is 8.78. The van der Waals surface area contributed by atoms with Gasteiger partial charge in [0.1, 0.15) is 17.6 Å². The number of sulfone groups is 1. The molecule has 0 unspecified atom stereocenters. The average molecular weight is 379 g/mol. The third-order valence-electron chi connectivity index (χ3n) is 4.99. The molecule has 1 aromatic rings. The zero-order chi connectivity index (χ0) is 18.5. The average Bonchev–Trinajstić information content (AvgIpc) is 3.49. The molecule has 0 bridgehead atoms. The summed E-state index contributed by atoms with van der Waals surface area (Å²) in [5.74, 6) is -1.02. The summed E-state index contributed by atoms with van der Waals surface area (Å²) in [7, 11) is -3.53.